The molecule has 0 unspecified atom stereocenters. The Labute approximate surface area is 101 Å². The number of hydrogen-bond donors (Lipinski definition) is 1. The van der Waals surface area contributed by atoms with Crippen LogP contribution in [0.4, 0.5) is 0 Å². The number of rotatable bonds is 4. The number of esters is 1. The quantitative estimate of drug-likeness (QED) is 0.680. The van der Waals surface area contributed by atoms with Crippen molar-refractivity contribution in [3.63, 3.8) is 0 Å². The molecule has 0 atom stereocenters. The van der Waals surface area contributed by atoms with Crippen molar-refractivity contribution >= 4 is 28.2 Å². The molecular formula is C11H11BrO4. The number of halogens is 1. The zero-order chi connectivity index (χ0) is 12.1. The average molecular weight is 287 g/mol. The minimum absolute atomic E-state index is 0.0863. The molecule has 0 aliphatic rings. The minimum atomic E-state index is -0.308. The number of hydrogen-bond acceptors (Lipinski definition) is 4. The SMILES string of the molecule is COC(=O)CCc1cc(Br)c(O)c(C=O)c1. The van der Waals surface area contributed by atoms with E-state index < -0.39 is 0 Å². The van der Waals surface area contributed by atoms with Crippen LogP contribution < -0.4 is 0 Å². The van der Waals surface area contributed by atoms with E-state index in [1.54, 1.807) is 12.1 Å². The van der Waals surface area contributed by atoms with Gasteiger partial charge in [-0.1, -0.05) is 0 Å². The molecule has 16 heavy (non-hydrogen) atoms. The average Bonchev–Trinajstić information content (AvgIpc) is 2.29. The van der Waals surface area contributed by atoms with Crippen molar-refractivity contribution in [2.24, 2.45) is 0 Å². The van der Waals surface area contributed by atoms with Crippen LogP contribution in [-0.4, -0.2) is 24.5 Å². The molecule has 0 aliphatic heterocycles. The topological polar surface area (TPSA) is 63.6 Å². The zero-order valence-electron chi connectivity index (χ0n) is 8.70. The van der Waals surface area contributed by atoms with Gasteiger partial charge in [-0.3, -0.25) is 9.59 Å². The van der Waals surface area contributed by atoms with Gasteiger partial charge in [-0.05, 0) is 40.0 Å². The summed E-state index contributed by atoms with van der Waals surface area (Å²) in [6.45, 7) is 0. The lowest BCUT2D eigenvalue weighted by molar-refractivity contribution is -0.140. The van der Waals surface area contributed by atoms with E-state index in [9.17, 15) is 14.7 Å². The number of carbonyl (C=O) groups excluding carboxylic acids is 2. The largest absolute Gasteiger partial charge is 0.506 e. The van der Waals surface area contributed by atoms with Gasteiger partial charge in [0.2, 0.25) is 0 Å². The number of phenols is 1. The smallest absolute Gasteiger partial charge is 0.305 e. The van der Waals surface area contributed by atoms with Crippen LogP contribution in [0.3, 0.4) is 0 Å². The number of phenolic OH excluding ortho intramolecular Hbond substituents is 1. The highest BCUT2D eigenvalue weighted by molar-refractivity contribution is 9.10. The molecular weight excluding hydrogens is 276 g/mol. The first kappa shape index (κ1) is 12.7. The van der Waals surface area contributed by atoms with Crippen molar-refractivity contribution in [2.75, 3.05) is 7.11 Å². The molecule has 0 aromatic heterocycles. The third-order valence-corrected chi connectivity index (χ3v) is 2.73. The number of aldehydes is 1. The van der Waals surface area contributed by atoms with E-state index in [0.29, 0.717) is 17.2 Å². The fraction of sp³-hybridized carbons (Fsp3) is 0.273. The second-order valence-electron chi connectivity index (χ2n) is 3.21. The number of benzene rings is 1. The second-order valence-corrected chi connectivity index (χ2v) is 4.06. The van der Waals surface area contributed by atoms with Gasteiger partial charge in [-0.2, -0.15) is 0 Å². The Hall–Kier alpha value is -1.36. The van der Waals surface area contributed by atoms with E-state index in [4.69, 9.17) is 0 Å². The Kier molecular flexibility index (Phi) is 4.49. The fourth-order valence-corrected chi connectivity index (χ4v) is 1.78. The Morgan fingerprint density at radius 2 is 2.25 bits per heavy atom. The van der Waals surface area contributed by atoms with Crippen LogP contribution in [0.2, 0.25) is 0 Å². The number of aryl methyl sites for hydroxylation is 1. The molecule has 0 amide bonds. The molecule has 5 heteroatoms. The van der Waals surface area contributed by atoms with E-state index in [1.165, 1.54) is 7.11 Å². The first-order valence-electron chi connectivity index (χ1n) is 4.62. The van der Waals surface area contributed by atoms with E-state index in [0.717, 1.165) is 5.56 Å². The van der Waals surface area contributed by atoms with Crippen LogP contribution in [0, 0.1) is 0 Å². The molecule has 1 aromatic rings. The van der Waals surface area contributed by atoms with E-state index in [2.05, 4.69) is 20.7 Å². The Morgan fingerprint density at radius 3 is 2.81 bits per heavy atom. The lowest BCUT2D eigenvalue weighted by atomic mass is 10.1. The van der Waals surface area contributed by atoms with Gasteiger partial charge in [-0.15, -0.1) is 0 Å². The summed E-state index contributed by atoms with van der Waals surface area (Å²) in [5, 5.41) is 9.48. The van der Waals surface area contributed by atoms with Crippen LogP contribution >= 0.6 is 15.9 Å². The molecule has 0 heterocycles. The van der Waals surface area contributed by atoms with Crippen molar-refractivity contribution in [2.45, 2.75) is 12.8 Å². The number of methoxy groups -OCH3 is 1. The molecule has 0 bridgehead atoms. The third kappa shape index (κ3) is 3.06. The van der Waals surface area contributed by atoms with Crippen molar-refractivity contribution in [1.82, 2.24) is 0 Å². The van der Waals surface area contributed by atoms with Gasteiger partial charge < -0.3 is 9.84 Å². The molecule has 1 rings (SSSR count). The lowest BCUT2D eigenvalue weighted by Crippen LogP contribution is -2.02. The van der Waals surface area contributed by atoms with Crippen molar-refractivity contribution in [1.29, 1.82) is 0 Å². The predicted molar refractivity (Wildman–Crippen MR) is 61.5 cm³/mol. The molecule has 0 spiro atoms. The summed E-state index contributed by atoms with van der Waals surface area (Å²) in [4.78, 5) is 21.6. The van der Waals surface area contributed by atoms with Crippen molar-refractivity contribution in [3.8, 4) is 5.75 Å². The first-order chi connectivity index (χ1) is 7.58. The highest BCUT2D eigenvalue weighted by Crippen LogP contribution is 2.28. The van der Waals surface area contributed by atoms with Gasteiger partial charge in [0.05, 0.1) is 17.1 Å². The van der Waals surface area contributed by atoms with Gasteiger partial charge in [0.15, 0.2) is 6.29 Å². The normalized spacial score (nSPS) is 9.88. The van der Waals surface area contributed by atoms with Crippen molar-refractivity contribution in [3.05, 3.63) is 27.7 Å². The fourth-order valence-electron chi connectivity index (χ4n) is 1.26. The lowest BCUT2D eigenvalue weighted by Gasteiger charge is -2.05. The summed E-state index contributed by atoms with van der Waals surface area (Å²) in [5.41, 5.74) is 0.992. The molecule has 1 aromatic carbocycles. The maximum absolute atomic E-state index is 10.9. The Balaban J connectivity index is 2.85. The van der Waals surface area contributed by atoms with Crippen LogP contribution in [0.25, 0.3) is 0 Å². The van der Waals surface area contributed by atoms with Crippen LogP contribution in [-0.2, 0) is 16.0 Å². The molecule has 0 saturated carbocycles. The summed E-state index contributed by atoms with van der Waals surface area (Å²) in [6, 6.07) is 3.22. The van der Waals surface area contributed by atoms with Crippen LogP contribution in [0.1, 0.15) is 22.3 Å². The van der Waals surface area contributed by atoms with Gasteiger partial charge in [0.25, 0.3) is 0 Å². The Morgan fingerprint density at radius 1 is 1.56 bits per heavy atom. The van der Waals surface area contributed by atoms with E-state index in [1.807, 2.05) is 0 Å². The molecule has 0 fully saturated rings. The summed E-state index contributed by atoms with van der Waals surface area (Å²) in [7, 11) is 1.33. The van der Waals surface area contributed by atoms with E-state index >= 15 is 0 Å². The summed E-state index contributed by atoms with van der Waals surface area (Å²) in [5.74, 6) is -0.395. The van der Waals surface area contributed by atoms with Crippen LogP contribution in [0.5, 0.6) is 5.75 Å². The summed E-state index contributed by atoms with van der Waals surface area (Å²) < 4.78 is 4.95. The molecule has 0 radical (unpaired) electrons. The molecule has 0 aliphatic carbocycles. The highest BCUT2D eigenvalue weighted by Gasteiger charge is 2.09. The van der Waals surface area contributed by atoms with E-state index in [-0.39, 0.29) is 23.7 Å². The van der Waals surface area contributed by atoms with Gasteiger partial charge >= 0.3 is 5.97 Å². The standard InChI is InChI=1S/C11H11BrO4/c1-16-10(14)3-2-7-4-8(6-13)11(15)9(12)5-7/h4-6,15H,2-3H2,1H3. The molecule has 86 valence electrons. The maximum atomic E-state index is 10.9. The first-order valence-corrected chi connectivity index (χ1v) is 5.41. The monoisotopic (exact) mass is 286 g/mol. The predicted octanol–water partition coefficient (Wildman–Crippen LogP) is 2.07. The van der Waals surface area contributed by atoms with Gasteiger partial charge in [0, 0.05) is 6.42 Å². The van der Waals surface area contributed by atoms with Gasteiger partial charge in [0.1, 0.15) is 5.75 Å². The molecule has 4 nitrogen and oxygen atoms in total. The molecule has 1 N–H and O–H groups in total. The maximum Gasteiger partial charge on any atom is 0.305 e. The third-order valence-electron chi connectivity index (χ3n) is 2.13. The second kappa shape index (κ2) is 5.65. The molecule has 0 saturated heterocycles. The van der Waals surface area contributed by atoms with Gasteiger partial charge in [-0.25, -0.2) is 0 Å². The summed E-state index contributed by atoms with van der Waals surface area (Å²) >= 11 is 3.14. The number of ether oxygens (including phenoxy) is 1. The number of carbonyl (C=O) groups is 2. The zero-order valence-corrected chi connectivity index (χ0v) is 10.3. The van der Waals surface area contributed by atoms with Crippen LogP contribution in [0.15, 0.2) is 16.6 Å². The Bertz CT molecular complexity index is 415. The minimum Gasteiger partial charge on any atom is -0.506 e. The number of aromatic hydroxyl groups is 1. The highest BCUT2D eigenvalue weighted by atomic mass is 79.9. The van der Waals surface area contributed by atoms with Crippen molar-refractivity contribution < 1.29 is 19.4 Å². The summed E-state index contributed by atoms with van der Waals surface area (Å²) in [6.07, 6.45) is 1.28.